The molecule has 0 radical (unpaired) electrons. The molecule has 0 saturated carbocycles. The fourth-order valence-electron chi connectivity index (χ4n) is 2.51. The monoisotopic (exact) mass is 321 g/mol. The number of ether oxygens (including phenoxy) is 1. The number of nitrogens with one attached hydrogen (secondary N) is 1. The third-order valence-electron chi connectivity index (χ3n) is 3.36. The van der Waals surface area contributed by atoms with Crippen molar-refractivity contribution in [3.63, 3.8) is 0 Å². The maximum absolute atomic E-state index is 14.1. The van der Waals surface area contributed by atoms with Gasteiger partial charge in [-0.25, -0.2) is 14.0 Å². The topological polar surface area (TPSA) is 71.0 Å². The molecular weight excluding hydrogens is 301 g/mol. The molecule has 1 saturated heterocycles. The van der Waals surface area contributed by atoms with Crippen molar-refractivity contribution in [2.24, 2.45) is 4.99 Å². The first-order chi connectivity index (χ1) is 10.8. The summed E-state index contributed by atoms with van der Waals surface area (Å²) in [7, 11) is 0. The first-order valence-electron chi connectivity index (χ1n) is 7.41. The van der Waals surface area contributed by atoms with Gasteiger partial charge in [0, 0.05) is 13.1 Å². The second kappa shape index (κ2) is 6.79. The molecule has 1 aromatic rings. The molecule has 124 valence electrons. The zero-order chi connectivity index (χ0) is 17.0. The molecule has 0 spiro atoms. The zero-order valence-corrected chi connectivity index (χ0v) is 13.4. The van der Waals surface area contributed by atoms with Crippen molar-refractivity contribution in [3.8, 4) is 0 Å². The van der Waals surface area contributed by atoms with Crippen LogP contribution >= 0.6 is 0 Å². The number of benzene rings is 1. The van der Waals surface area contributed by atoms with Gasteiger partial charge in [-0.05, 0) is 39.3 Å². The molecule has 1 N–H and O–H groups in total. The molecular formula is C16H20FN3O3. The predicted molar refractivity (Wildman–Crippen MR) is 84.2 cm³/mol. The second-order valence-electron chi connectivity index (χ2n) is 6.39. The quantitative estimate of drug-likeness (QED) is 0.686. The molecule has 0 aliphatic carbocycles. The molecule has 0 bridgehead atoms. The average Bonchev–Trinajstić information content (AvgIpc) is 2.85. The molecule has 1 atom stereocenters. The lowest BCUT2D eigenvalue weighted by Crippen LogP contribution is -2.40. The van der Waals surface area contributed by atoms with Gasteiger partial charge in [-0.1, -0.05) is 6.07 Å². The maximum atomic E-state index is 14.1. The lowest BCUT2D eigenvalue weighted by molar-refractivity contribution is 0.0509. The van der Waals surface area contributed by atoms with Crippen LogP contribution in [0, 0.1) is 5.82 Å². The van der Waals surface area contributed by atoms with Gasteiger partial charge in [0.15, 0.2) is 0 Å². The molecule has 1 aliphatic heterocycles. The number of rotatable bonds is 3. The number of hydrogen-bond donors (Lipinski definition) is 1. The van der Waals surface area contributed by atoms with E-state index in [0.717, 1.165) is 0 Å². The van der Waals surface area contributed by atoms with E-state index in [2.05, 4.69) is 10.3 Å². The number of halogens is 1. The van der Waals surface area contributed by atoms with Crippen LogP contribution in [0.2, 0.25) is 0 Å². The van der Waals surface area contributed by atoms with E-state index >= 15 is 0 Å². The number of para-hydroxylation sites is 1. The highest BCUT2D eigenvalue weighted by Gasteiger charge is 2.28. The Morgan fingerprint density at radius 2 is 2.22 bits per heavy atom. The van der Waals surface area contributed by atoms with E-state index in [9.17, 15) is 14.0 Å². The summed E-state index contributed by atoms with van der Waals surface area (Å²) in [4.78, 5) is 27.6. The van der Waals surface area contributed by atoms with Gasteiger partial charge < -0.3 is 15.0 Å². The summed E-state index contributed by atoms with van der Waals surface area (Å²) in [5, 5.41) is 2.77. The Labute approximate surface area is 134 Å². The van der Waals surface area contributed by atoms with Crippen molar-refractivity contribution in [1.29, 1.82) is 0 Å². The highest BCUT2D eigenvalue weighted by Crippen LogP contribution is 2.33. The Hall–Kier alpha value is -2.40. The Morgan fingerprint density at radius 1 is 1.48 bits per heavy atom. The average molecular weight is 321 g/mol. The van der Waals surface area contributed by atoms with Crippen LogP contribution in [-0.2, 0) is 9.53 Å². The molecule has 2 rings (SSSR count). The molecule has 1 aliphatic rings. The van der Waals surface area contributed by atoms with Gasteiger partial charge in [-0.15, -0.1) is 0 Å². The number of nitrogens with zero attached hydrogens (tertiary/aromatic N) is 2. The minimum Gasteiger partial charge on any atom is -0.444 e. The van der Waals surface area contributed by atoms with Crippen molar-refractivity contribution < 1.29 is 18.7 Å². The largest absolute Gasteiger partial charge is 0.444 e. The molecule has 1 unspecified atom stereocenters. The van der Waals surface area contributed by atoms with Crippen molar-refractivity contribution in [1.82, 2.24) is 5.32 Å². The molecule has 1 aromatic carbocycles. The molecule has 23 heavy (non-hydrogen) atoms. The number of anilines is 1. The highest BCUT2D eigenvalue weighted by atomic mass is 19.1. The first kappa shape index (κ1) is 17.0. The lowest BCUT2D eigenvalue weighted by Gasteiger charge is -2.23. The predicted octanol–water partition coefficient (Wildman–Crippen LogP) is 2.90. The number of carbonyl (C=O) groups is 1. The minimum atomic E-state index is -0.570. The van der Waals surface area contributed by atoms with Crippen LogP contribution in [0.15, 0.2) is 23.2 Å². The van der Waals surface area contributed by atoms with Gasteiger partial charge in [0.05, 0.1) is 11.7 Å². The van der Waals surface area contributed by atoms with Gasteiger partial charge >= 0.3 is 6.09 Å². The van der Waals surface area contributed by atoms with Crippen LogP contribution in [0.3, 0.4) is 0 Å². The minimum absolute atomic E-state index is 0.155. The Morgan fingerprint density at radius 3 is 2.87 bits per heavy atom. The van der Waals surface area contributed by atoms with Crippen molar-refractivity contribution in [2.45, 2.75) is 38.8 Å². The summed E-state index contributed by atoms with van der Waals surface area (Å²) in [6, 6.07) is 4.20. The fourth-order valence-corrected chi connectivity index (χ4v) is 2.51. The molecule has 6 nitrogen and oxygen atoms in total. The first-order valence-corrected chi connectivity index (χ1v) is 7.41. The second-order valence-corrected chi connectivity index (χ2v) is 6.39. The van der Waals surface area contributed by atoms with Crippen molar-refractivity contribution in [3.05, 3.63) is 24.0 Å². The van der Waals surface area contributed by atoms with Crippen LogP contribution in [0.5, 0.6) is 0 Å². The number of isocyanates is 1. The van der Waals surface area contributed by atoms with Gasteiger partial charge in [0.2, 0.25) is 6.08 Å². The maximum Gasteiger partial charge on any atom is 0.407 e. The smallest absolute Gasteiger partial charge is 0.407 e. The molecule has 1 fully saturated rings. The molecule has 1 amide bonds. The standard InChI is InChI=1S/C16H20FN3O3/c1-16(2,3)23-15(22)19-11-7-8-20(9-11)14-12(17)5-4-6-13(14)18-10-21/h4-6,11H,7-9H2,1-3H3,(H,19,22). The van der Waals surface area contributed by atoms with E-state index in [0.29, 0.717) is 19.5 Å². The Bertz CT molecular complexity index is 636. The van der Waals surface area contributed by atoms with Crippen LogP contribution in [0.1, 0.15) is 27.2 Å². The number of amides is 1. The lowest BCUT2D eigenvalue weighted by atomic mass is 10.2. The van der Waals surface area contributed by atoms with Gasteiger partial charge in [0.25, 0.3) is 0 Å². The number of alkyl carbamates (subject to hydrolysis) is 1. The SMILES string of the molecule is CC(C)(C)OC(=O)NC1CCN(c2c(F)cccc2N=C=O)C1. The summed E-state index contributed by atoms with van der Waals surface area (Å²) in [5.41, 5.74) is -0.0815. The van der Waals surface area contributed by atoms with E-state index < -0.39 is 17.5 Å². The number of hydrogen-bond acceptors (Lipinski definition) is 5. The Balaban J connectivity index is 2.06. The summed E-state index contributed by atoms with van der Waals surface area (Å²) < 4.78 is 19.3. The third kappa shape index (κ3) is 4.53. The molecule has 1 heterocycles. The van der Waals surface area contributed by atoms with E-state index in [1.54, 1.807) is 31.7 Å². The Kier molecular flexibility index (Phi) is 5.01. The number of aliphatic imine (C=N–C) groups is 1. The van der Waals surface area contributed by atoms with Crippen molar-refractivity contribution >= 4 is 23.5 Å². The van der Waals surface area contributed by atoms with Gasteiger partial charge in [-0.3, -0.25) is 0 Å². The summed E-state index contributed by atoms with van der Waals surface area (Å²) in [6.07, 6.45) is 1.59. The van der Waals surface area contributed by atoms with Gasteiger partial charge in [-0.2, -0.15) is 4.99 Å². The normalized spacial score (nSPS) is 17.6. The molecule has 0 aromatic heterocycles. The third-order valence-corrected chi connectivity index (χ3v) is 3.36. The van der Waals surface area contributed by atoms with E-state index in [-0.39, 0.29) is 17.4 Å². The van der Waals surface area contributed by atoms with Gasteiger partial charge in [0.1, 0.15) is 17.1 Å². The van der Waals surface area contributed by atoms with Crippen LogP contribution in [-0.4, -0.2) is 36.9 Å². The summed E-state index contributed by atoms with van der Waals surface area (Å²) >= 11 is 0. The highest BCUT2D eigenvalue weighted by molar-refractivity contribution is 5.72. The zero-order valence-electron chi connectivity index (χ0n) is 13.4. The van der Waals surface area contributed by atoms with Crippen LogP contribution in [0.4, 0.5) is 20.6 Å². The van der Waals surface area contributed by atoms with Crippen LogP contribution < -0.4 is 10.2 Å². The van der Waals surface area contributed by atoms with E-state index in [1.165, 1.54) is 18.2 Å². The summed E-state index contributed by atoms with van der Waals surface area (Å²) in [6.45, 7) is 6.33. The number of carbonyl (C=O) groups excluding carboxylic acids is 2. The van der Waals surface area contributed by atoms with E-state index in [4.69, 9.17) is 4.74 Å². The van der Waals surface area contributed by atoms with E-state index in [1.807, 2.05) is 0 Å². The fraction of sp³-hybridized carbons (Fsp3) is 0.500. The van der Waals surface area contributed by atoms with Crippen molar-refractivity contribution in [2.75, 3.05) is 18.0 Å². The molecule has 7 heteroatoms. The summed E-state index contributed by atoms with van der Waals surface area (Å²) in [5.74, 6) is -0.459. The van der Waals surface area contributed by atoms with Crippen LogP contribution in [0.25, 0.3) is 0 Å².